The van der Waals surface area contributed by atoms with Crippen molar-refractivity contribution in [2.24, 2.45) is 0 Å². The Morgan fingerprint density at radius 2 is 1.68 bits per heavy atom. The zero-order chi connectivity index (χ0) is 17.6. The van der Waals surface area contributed by atoms with E-state index >= 15 is 0 Å². The number of phenols is 1. The quantitative estimate of drug-likeness (QED) is 0.639. The van der Waals surface area contributed by atoms with E-state index in [1.165, 1.54) is 0 Å². The van der Waals surface area contributed by atoms with Gasteiger partial charge in [0, 0.05) is 18.1 Å². The van der Waals surface area contributed by atoms with Crippen molar-refractivity contribution in [2.45, 2.75) is 13.0 Å². The number of hydrogen-bond acceptors (Lipinski definition) is 6. The van der Waals surface area contributed by atoms with Gasteiger partial charge in [-0.15, -0.1) is 10.2 Å². The number of aromatic nitrogens is 2. The molecule has 0 saturated heterocycles. The van der Waals surface area contributed by atoms with E-state index in [1.54, 1.807) is 24.3 Å². The van der Waals surface area contributed by atoms with Crippen molar-refractivity contribution < 1.29 is 14.9 Å². The second kappa shape index (κ2) is 7.63. The van der Waals surface area contributed by atoms with Crippen LogP contribution in [0.5, 0.6) is 11.5 Å². The number of ether oxygens (including phenoxy) is 1. The van der Waals surface area contributed by atoms with Crippen LogP contribution in [-0.2, 0) is 13.0 Å². The summed E-state index contributed by atoms with van der Waals surface area (Å²) in [5.41, 5.74) is 8.87. The molecule has 0 atom stereocenters. The largest absolute Gasteiger partial charge is 0.507 e. The minimum absolute atomic E-state index is 0.0328. The maximum Gasteiger partial charge on any atom is 0.188 e. The van der Waals surface area contributed by atoms with E-state index in [4.69, 9.17) is 15.6 Å². The molecule has 4 N–H and O–H groups in total. The number of nitrogens with zero attached hydrogens (tertiary/aromatic N) is 2. The molecule has 0 aliphatic carbocycles. The highest BCUT2D eigenvalue weighted by Gasteiger charge is 2.10. The highest BCUT2D eigenvalue weighted by atomic mass is 16.5. The van der Waals surface area contributed by atoms with Gasteiger partial charge >= 0.3 is 0 Å². The number of phenolic OH excluding ortho intramolecular Hbond substituents is 1. The summed E-state index contributed by atoms with van der Waals surface area (Å²) < 4.78 is 5.74. The molecular formula is C19H19N3O3. The molecule has 0 bridgehead atoms. The lowest BCUT2D eigenvalue weighted by Gasteiger charge is -2.10. The van der Waals surface area contributed by atoms with Crippen LogP contribution in [-0.4, -0.2) is 27.0 Å². The first-order chi connectivity index (χ1) is 12.2. The van der Waals surface area contributed by atoms with Gasteiger partial charge in [0.1, 0.15) is 11.4 Å². The van der Waals surface area contributed by atoms with Crippen LogP contribution in [0.15, 0.2) is 54.6 Å². The van der Waals surface area contributed by atoms with Gasteiger partial charge in [-0.2, -0.15) is 0 Å². The highest BCUT2D eigenvalue weighted by molar-refractivity contribution is 5.68. The molecule has 128 valence electrons. The molecule has 0 aliphatic heterocycles. The molecule has 0 amide bonds. The third-order valence-electron chi connectivity index (χ3n) is 3.82. The monoisotopic (exact) mass is 337 g/mol. The van der Waals surface area contributed by atoms with Crippen LogP contribution in [0.25, 0.3) is 11.3 Å². The van der Waals surface area contributed by atoms with Crippen molar-refractivity contribution in [3.8, 4) is 22.8 Å². The van der Waals surface area contributed by atoms with Crippen molar-refractivity contribution in [3.05, 3.63) is 65.7 Å². The molecule has 3 rings (SSSR count). The molecule has 2 aromatic carbocycles. The number of aliphatic hydroxyl groups excluding tert-OH is 1. The third-order valence-corrected chi connectivity index (χ3v) is 3.82. The molecule has 0 unspecified atom stereocenters. The summed E-state index contributed by atoms with van der Waals surface area (Å²) in [5, 5.41) is 26.9. The number of benzene rings is 2. The van der Waals surface area contributed by atoms with E-state index in [2.05, 4.69) is 10.2 Å². The minimum atomic E-state index is 0.0328. The van der Waals surface area contributed by atoms with Crippen LogP contribution in [0, 0.1) is 0 Å². The van der Waals surface area contributed by atoms with E-state index in [0.717, 1.165) is 11.1 Å². The Hall–Kier alpha value is -3.12. The summed E-state index contributed by atoms with van der Waals surface area (Å²) >= 11 is 0. The van der Waals surface area contributed by atoms with E-state index in [1.807, 2.05) is 30.3 Å². The van der Waals surface area contributed by atoms with Crippen LogP contribution in [0.1, 0.15) is 11.1 Å². The standard InChI is InChI=1S/C19H19N3O3/c20-19-18(25-10-9-13-5-7-14(12-23)8-6-13)11-16(21-22-19)15-3-1-2-4-17(15)24/h1-8,11,23-24H,9-10,12H2,(H2,20,22). The summed E-state index contributed by atoms with van der Waals surface area (Å²) in [7, 11) is 0. The Bertz CT molecular complexity index is 851. The average molecular weight is 337 g/mol. The normalized spacial score (nSPS) is 10.6. The van der Waals surface area contributed by atoms with Gasteiger partial charge in [-0.05, 0) is 23.3 Å². The second-order valence-electron chi connectivity index (χ2n) is 5.57. The van der Waals surface area contributed by atoms with E-state index in [9.17, 15) is 5.11 Å². The summed E-state index contributed by atoms with van der Waals surface area (Å²) in [5.74, 6) is 0.756. The first-order valence-corrected chi connectivity index (χ1v) is 7.90. The Balaban J connectivity index is 1.69. The Labute approximate surface area is 145 Å². The van der Waals surface area contributed by atoms with Gasteiger partial charge in [-0.25, -0.2) is 0 Å². The number of aliphatic hydroxyl groups is 1. The van der Waals surface area contributed by atoms with Crippen molar-refractivity contribution in [1.82, 2.24) is 10.2 Å². The Morgan fingerprint density at radius 3 is 2.40 bits per heavy atom. The predicted octanol–water partition coefficient (Wildman–Crippen LogP) is 2.55. The van der Waals surface area contributed by atoms with Crippen molar-refractivity contribution in [2.75, 3.05) is 12.3 Å². The van der Waals surface area contributed by atoms with Gasteiger partial charge in [0.05, 0.1) is 13.2 Å². The molecule has 0 spiro atoms. The van der Waals surface area contributed by atoms with Gasteiger partial charge < -0.3 is 20.7 Å². The van der Waals surface area contributed by atoms with E-state index in [-0.39, 0.29) is 18.2 Å². The van der Waals surface area contributed by atoms with Crippen LogP contribution in [0.2, 0.25) is 0 Å². The number of para-hydroxylation sites is 1. The Morgan fingerprint density at radius 1 is 0.960 bits per heavy atom. The van der Waals surface area contributed by atoms with Crippen LogP contribution < -0.4 is 10.5 Å². The number of anilines is 1. The molecule has 0 saturated carbocycles. The topological polar surface area (TPSA) is 101 Å². The van der Waals surface area contributed by atoms with Crippen LogP contribution >= 0.6 is 0 Å². The van der Waals surface area contributed by atoms with Crippen LogP contribution in [0.3, 0.4) is 0 Å². The molecule has 0 radical (unpaired) electrons. The van der Waals surface area contributed by atoms with Crippen molar-refractivity contribution in [1.29, 1.82) is 0 Å². The zero-order valence-electron chi connectivity index (χ0n) is 13.6. The lowest BCUT2D eigenvalue weighted by Crippen LogP contribution is -2.06. The van der Waals surface area contributed by atoms with Gasteiger partial charge in [0.25, 0.3) is 0 Å². The van der Waals surface area contributed by atoms with E-state index < -0.39 is 0 Å². The fourth-order valence-electron chi connectivity index (χ4n) is 2.41. The molecule has 0 fully saturated rings. The van der Waals surface area contributed by atoms with Crippen molar-refractivity contribution in [3.63, 3.8) is 0 Å². The smallest absolute Gasteiger partial charge is 0.188 e. The molecule has 25 heavy (non-hydrogen) atoms. The number of aromatic hydroxyl groups is 1. The average Bonchev–Trinajstić information content (AvgIpc) is 2.64. The second-order valence-corrected chi connectivity index (χ2v) is 5.57. The van der Waals surface area contributed by atoms with Crippen LogP contribution in [0.4, 0.5) is 5.82 Å². The summed E-state index contributed by atoms with van der Waals surface area (Å²) in [4.78, 5) is 0. The number of hydrogen-bond donors (Lipinski definition) is 3. The first kappa shape index (κ1) is 16.7. The Kier molecular flexibility index (Phi) is 5.11. The van der Waals surface area contributed by atoms with E-state index in [0.29, 0.717) is 30.0 Å². The lowest BCUT2D eigenvalue weighted by molar-refractivity contribution is 0.282. The number of nitrogens with two attached hydrogens (primary N) is 1. The first-order valence-electron chi connectivity index (χ1n) is 7.90. The third kappa shape index (κ3) is 4.05. The van der Waals surface area contributed by atoms with Crippen molar-refractivity contribution >= 4 is 5.82 Å². The zero-order valence-corrected chi connectivity index (χ0v) is 13.6. The molecular weight excluding hydrogens is 318 g/mol. The van der Waals surface area contributed by atoms with Gasteiger partial charge in [0.2, 0.25) is 0 Å². The summed E-state index contributed by atoms with van der Waals surface area (Å²) in [6.45, 7) is 0.458. The SMILES string of the molecule is Nc1nnc(-c2ccccc2O)cc1OCCc1ccc(CO)cc1. The fraction of sp³-hybridized carbons (Fsp3) is 0.158. The highest BCUT2D eigenvalue weighted by Crippen LogP contribution is 2.30. The predicted molar refractivity (Wildman–Crippen MR) is 95.1 cm³/mol. The molecule has 6 heteroatoms. The van der Waals surface area contributed by atoms with Gasteiger partial charge in [0.15, 0.2) is 11.6 Å². The molecule has 1 aromatic heterocycles. The number of rotatable bonds is 6. The molecule has 1 heterocycles. The lowest BCUT2D eigenvalue weighted by atomic mass is 10.1. The fourth-order valence-corrected chi connectivity index (χ4v) is 2.41. The molecule has 3 aromatic rings. The molecule has 0 aliphatic rings. The molecule has 6 nitrogen and oxygen atoms in total. The maximum absolute atomic E-state index is 9.93. The summed E-state index contributed by atoms with van der Waals surface area (Å²) in [6, 6.07) is 16.2. The summed E-state index contributed by atoms with van der Waals surface area (Å²) in [6.07, 6.45) is 0.694. The minimum Gasteiger partial charge on any atom is -0.507 e. The van der Waals surface area contributed by atoms with Gasteiger partial charge in [-0.3, -0.25) is 0 Å². The van der Waals surface area contributed by atoms with Gasteiger partial charge in [-0.1, -0.05) is 36.4 Å². The maximum atomic E-state index is 9.93. The number of nitrogen functional groups attached to an aromatic ring is 1.